The molecule has 92 valence electrons. The molecular formula is C10H7BrF3NO2. The fourth-order valence-electron chi connectivity index (χ4n) is 1.44. The van der Waals surface area contributed by atoms with E-state index in [-0.39, 0.29) is 17.9 Å². The highest BCUT2D eigenvalue weighted by Gasteiger charge is 2.32. The summed E-state index contributed by atoms with van der Waals surface area (Å²) >= 11 is 3.10. The van der Waals surface area contributed by atoms with Gasteiger partial charge in [-0.3, -0.25) is 0 Å². The van der Waals surface area contributed by atoms with Crippen molar-refractivity contribution in [2.75, 3.05) is 0 Å². The van der Waals surface area contributed by atoms with Crippen molar-refractivity contribution in [2.45, 2.75) is 12.9 Å². The van der Waals surface area contributed by atoms with Crippen molar-refractivity contribution in [3.63, 3.8) is 0 Å². The zero-order chi connectivity index (χ0) is 12.6. The van der Waals surface area contributed by atoms with Crippen molar-refractivity contribution in [1.29, 1.82) is 0 Å². The third-order valence-electron chi connectivity index (χ3n) is 2.02. The lowest BCUT2D eigenvalue weighted by molar-refractivity contribution is -0.274. The Labute approximate surface area is 102 Å². The Balaban J connectivity index is 2.56. The highest BCUT2D eigenvalue weighted by molar-refractivity contribution is 9.10. The number of hydrogen-bond acceptors (Lipinski definition) is 3. The molecule has 7 heteroatoms. The van der Waals surface area contributed by atoms with Gasteiger partial charge in [0.1, 0.15) is 5.76 Å². The predicted molar refractivity (Wildman–Crippen MR) is 58.5 cm³/mol. The molecule has 0 fully saturated rings. The number of alkyl halides is 3. The van der Waals surface area contributed by atoms with Gasteiger partial charge in [-0.05, 0) is 18.2 Å². The first-order chi connectivity index (χ1) is 7.89. The first-order valence-corrected chi connectivity index (χ1v) is 5.36. The van der Waals surface area contributed by atoms with E-state index in [1.165, 1.54) is 6.07 Å². The summed E-state index contributed by atoms with van der Waals surface area (Å²) < 4.78 is 46.1. The van der Waals surface area contributed by atoms with Gasteiger partial charge in [0.2, 0.25) is 0 Å². The summed E-state index contributed by atoms with van der Waals surface area (Å²) in [7, 11) is 0. The van der Waals surface area contributed by atoms with Gasteiger partial charge in [0.05, 0.1) is 6.54 Å². The van der Waals surface area contributed by atoms with Crippen LogP contribution in [0.2, 0.25) is 0 Å². The van der Waals surface area contributed by atoms with Gasteiger partial charge in [-0.1, -0.05) is 15.9 Å². The summed E-state index contributed by atoms with van der Waals surface area (Å²) in [5, 5.41) is 0.499. The molecular weight excluding hydrogens is 303 g/mol. The van der Waals surface area contributed by atoms with Crippen LogP contribution in [0, 0.1) is 0 Å². The van der Waals surface area contributed by atoms with E-state index < -0.39 is 6.36 Å². The SMILES string of the molecule is NCc1cc2cc(Br)cc(OC(F)(F)F)c2o1. The number of ether oxygens (including phenoxy) is 1. The van der Waals surface area contributed by atoms with Crippen LogP contribution in [0.3, 0.4) is 0 Å². The van der Waals surface area contributed by atoms with Crippen molar-refractivity contribution in [2.24, 2.45) is 5.73 Å². The first kappa shape index (κ1) is 12.3. The minimum atomic E-state index is -4.76. The fraction of sp³-hybridized carbons (Fsp3) is 0.200. The van der Waals surface area contributed by atoms with Crippen LogP contribution < -0.4 is 10.5 Å². The molecule has 0 amide bonds. The zero-order valence-corrected chi connectivity index (χ0v) is 9.93. The molecule has 1 heterocycles. The molecule has 2 N–H and O–H groups in total. The predicted octanol–water partition coefficient (Wildman–Crippen LogP) is 3.55. The fourth-order valence-corrected chi connectivity index (χ4v) is 1.89. The van der Waals surface area contributed by atoms with Gasteiger partial charge in [0.25, 0.3) is 0 Å². The molecule has 0 unspecified atom stereocenters. The number of furan rings is 1. The Morgan fingerprint density at radius 1 is 1.29 bits per heavy atom. The number of benzene rings is 1. The third kappa shape index (κ3) is 2.73. The maximum absolute atomic E-state index is 12.2. The smallest absolute Gasteiger partial charge is 0.456 e. The van der Waals surface area contributed by atoms with Gasteiger partial charge in [-0.2, -0.15) is 0 Å². The van der Waals surface area contributed by atoms with Gasteiger partial charge in [-0.15, -0.1) is 13.2 Å². The van der Waals surface area contributed by atoms with Crippen molar-refractivity contribution >= 4 is 26.9 Å². The van der Waals surface area contributed by atoms with Crippen LogP contribution in [0.4, 0.5) is 13.2 Å². The van der Waals surface area contributed by atoms with Crippen molar-refractivity contribution in [1.82, 2.24) is 0 Å². The van der Waals surface area contributed by atoms with Crippen LogP contribution >= 0.6 is 15.9 Å². The standard InChI is InChI=1S/C10H7BrF3NO2/c11-6-1-5-2-7(4-15)16-9(5)8(3-6)17-10(12,13)14/h1-3H,4,15H2. The molecule has 0 atom stereocenters. The lowest BCUT2D eigenvalue weighted by Gasteiger charge is -2.09. The largest absolute Gasteiger partial charge is 0.573 e. The molecule has 0 bridgehead atoms. The van der Waals surface area contributed by atoms with Gasteiger partial charge in [-0.25, -0.2) is 0 Å². The van der Waals surface area contributed by atoms with E-state index in [0.717, 1.165) is 0 Å². The first-order valence-electron chi connectivity index (χ1n) is 4.57. The van der Waals surface area contributed by atoms with Crippen LogP contribution in [0.5, 0.6) is 5.75 Å². The van der Waals surface area contributed by atoms with Crippen LogP contribution in [0.15, 0.2) is 27.1 Å². The highest BCUT2D eigenvalue weighted by Crippen LogP contribution is 2.35. The molecule has 17 heavy (non-hydrogen) atoms. The summed E-state index contributed by atoms with van der Waals surface area (Å²) in [6.07, 6.45) is -4.76. The second kappa shape index (κ2) is 4.23. The number of nitrogens with two attached hydrogens (primary N) is 1. The normalized spacial score (nSPS) is 12.1. The lowest BCUT2D eigenvalue weighted by Crippen LogP contribution is -2.17. The Bertz CT molecular complexity index is 550. The van der Waals surface area contributed by atoms with E-state index in [4.69, 9.17) is 10.2 Å². The molecule has 0 aliphatic carbocycles. The molecule has 0 spiro atoms. The minimum absolute atomic E-state index is 0.0333. The van der Waals surface area contributed by atoms with E-state index in [1.807, 2.05) is 0 Å². The molecule has 1 aromatic heterocycles. The van der Waals surface area contributed by atoms with Crippen LogP contribution in [0.1, 0.15) is 5.76 Å². The molecule has 0 aliphatic heterocycles. The molecule has 2 rings (SSSR count). The topological polar surface area (TPSA) is 48.4 Å². The maximum Gasteiger partial charge on any atom is 0.573 e. The molecule has 0 saturated carbocycles. The molecule has 2 aromatic rings. The van der Waals surface area contributed by atoms with Crippen molar-refractivity contribution < 1.29 is 22.3 Å². The average Bonchev–Trinajstić information content (AvgIpc) is 2.58. The van der Waals surface area contributed by atoms with E-state index in [1.54, 1.807) is 12.1 Å². The van der Waals surface area contributed by atoms with Crippen LogP contribution in [0.25, 0.3) is 11.0 Å². The second-order valence-corrected chi connectivity index (χ2v) is 4.20. The number of rotatable bonds is 2. The van der Waals surface area contributed by atoms with Gasteiger partial charge < -0.3 is 14.9 Å². The van der Waals surface area contributed by atoms with Gasteiger partial charge in [0.15, 0.2) is 11.3 Å². The van der Waals surface area contributed by atoms with Gasteiger partial charge >= 0.3 is 6.36 Å². The maximum atomic E-state index is 12.2. The van der Waals surface area contributed by atoms with Crippen LogP contribution in [-0.2, 0) is 6.54 Å². The summed E-state index contributed by atoms with van der Waals surface area (Å²) in [6.45, 7) is 0.109. The summed E-state index contributed by atoms with van der Waals surface area (Å²) in [4.78, 5) is 0. The van der Waals surface area contributed by atoms with E-state index >= 15 is 0 Å². The van der Waals surface area contributed by atoms with E-state index in [9.17, 15) is 13.2 Å². The summed E-state index contributed by atoms with van der Waals surface area (Å²) in [5.74, 6) is 0.00620. The Kier molecular flexibility index (Phi) is 3.05. The summed E-state index contributed by atoms with van der Waals surface area (Å²) in [6, 6.07) is 4.39. The molecule has 0 saturated heterocycles. The number of halogens is 4. The quantitative estimate of drug-likeness (QED) is 0.923. The van der Waals surface area contributed by atoms with E-state index in [2.05, 4.69) is 20.7 Å². The Morgan fingerprint density at radius 2 is 2.00 bits per heavy atom. The molecule has 1 aromatic carbocycles. The molecule has 0 radical (unpaired) electrons. The van der Waals surface area contributed by atoms with E-state index in [0.29, 0.717) is 15.6 Å². The van der Waals surface area contributed by atoms with Crippen LogP contribution in [-0.4, -0.2) is 6.36 Å². The minimum Gasteiger partial charge on any atom is -0.456 e. The number of hydrogen-bond donors (Lipinski definition) is 1. The van der Waals surface area contributed by atoms with Crippen molar-refractivity contribution in [3.05, 3.63) is 28.4 Å². The van der Waals surface area contributed by atoms with Crippen molar-refractivity contribution in [3.8, 4) is 5.75 Å². The average molecular weight is 310 g/mol. The Hall–Kier alpha value is -1.21. The third-order valence-corrected chi connectivity index (χ3v) is 2.48. The monoisotopic (exact) mass is 309 g/mol. The second-order valence-electron chi connectivity index (χ2n) is 3.29. The lowest BCUT2D eigenvalue weighted by atomic mass is 10.2. The van der Waals surface area contributed by atoms with Gasteiger partial charge in [0, 0.05) is 9.86 Å². The highest BCUT2D eigenvalue weighted by atomic mass is 79.9. The molecule has 3 nitrogen and oxygen atoms in total. The molecule has 0 aliphatic rings. The number of fused-ring (bicyclic) bond motifs is 1. The summed E-state index contributed by atoms with van der Waals surface area (Å²) in [5.41, 5.74) is 5.39. The zero-order valence-electron chi connectivity index (χ0n) is 8.34. The Morgan fingerprint density at radius 3 is 2.59 bits per heavy atom.